The third-order valence-corrected chi connectivity index (χ3v) is 5.61. The summed E-state index contributed by atoms with van der Waals surface area (Å²) in [6.07, 6.45) is 0.237. The minimum absolute atomic E-state index is 0.0385. The molecule has 4 rings (SSSR count). The van der Waals surface area contributed by atoms with Crippen LogP contribution in [0, 0.1) is 0 Å². The molecule has 6 nitrogen and oxygen atoms in total. The molecule has 1 unspecified atom stereocenters. The van der Waals surface area contributed by atoms with Gasteiger partial charge in [-0.3, -0.25) is 4.79 Å². The van der Waals surface area contributed by atoms with Crippen molar-refractivity contribution in [1.82, 2.24) is 4.57 Å². The maximum atomic E-state index is 12.9. The van der Waals surface area contributed by atoms with Gasteiger partial charge >= 0.3 is 5.97 Å². The van der Waals surface area contributed by atoms with E-state index in [1.807, 2.05) is 79.7 Å². The third-order valence-electron chi connectivity index (χ3n) is 5.61. The number of hydrogen-bond donors (Lipinski definition) is 1. The second-order valence-electron chi connectivity index (χ2n) is 7.91. The SMILES string of the molecule is CCCOC(Cc1ccc(OCCn2c3ccccc3c(=O)c3ccccc32)cc1)C(=O)O. The molecule has 1 aromatic heterocycles. The van der Waals surface area contributed by atoms with E-state index in [-0.39, 0.29) is 5.43 Å². The summed E-state index contributed by atoms with van der Waals surface area (Å²) in [4.78, 5) is 24.2. The predicted molar refractivity (Wildman–Crippen MR) is 129 cm³/mol. The smallest absolute Gasteiger partial charge is 0.333 e. The van der Waals surface area contributed by atoms with E-state index in [9.17, 15) is 14.7 Å². The van der Waals surface area contributed by atoms with Gasteiger partial charge in [-0.1, -0.05) is 43.3 Å². The fraction of sp³-hybridized carbons (Fsp3) is 0.259. The second kappa shape index (κ2) is 10.3. The summed E-state index contributed by atoms with van der Waals surface area (Å²) in [5.74, 6) is -0.251. The maximum Gasteiger partial charge on any atom is 0.333 e. The summed E-state index contributed by atoms with van der Waals surface area (Å²) in [5, 5.41) is 10.7. The van der Waals surface area contributed by atoms with Crippen LogP contribution in [-0.4, -0.2) is 35.0 Å². The number of benzene rings is 3. The van der Waals surface area contributed by atoms with Gasteiger partial charge in [0.2, 0.25) is 0 Å². The first-order valence-electron chi connectivity index (χ1n) is 11.1. The van der Waals surface area contributed by atoms with Gasteiger partial charge in [-0.2, -0.15) is 0 Å². The highest BCUT2D eigenvalue weighted by molar-refractivity contribution is 5.93. The number of pyridine rings is 1. The number of ether oxygens (including phenoxy) is 2. The zero-order valence-corrected chi connectivity index (χ0v) is 18.6. The van der Waals surface area contributed by atoms with Gasteiger partial charge in [-0.05, 0) is 48.4 Å². The topological polar surface area (TPSA) is 77.8 Å². The number of para-hydroxylation sites is 2. The lowest BCUT2D eigenvalue weighted by Crippen LogP contribution is -2.26. The molecule has 0 fully saturated rings. The molecule has 1 N–H and O–H groups in total. The second-order valence-corrected chi connectivity index (χ2v) is 7.91. The number of carbonyl (C=O) groups is 1. The van der Waals surface area contributed by atoms with Crippen LogP contribution in [-0.2, 0) is 22.5 Å². The molecule has 6 heteroatoms. The van der Waals surface area contributed by atoms with Crippen LogP contribution < -0.4 is 10.2 Å². The highest BCUT2D eigenvalue weighted by Gasteiger charge is 2.18. The highest BCUT2D eigenvalue weighted by atomic mass is 16.5. The molecule has 1 heterocycles. The Balaban J connectivity index is 1.47. The zero-order valence-electron chi connectivity index (χ0n) is 18.6. The monoisotopic (exact) mass is 445 g/mol. The van der Waals surface area contributed by atoms with Gasteiger partial charge in [-0.15, -0.1) is 0 Å². The molecule has 33 heavy (non-hydrogen) atoms. The molecular formula is C27H27NO5. The Morgan fingerprint density at radius 2 is 1.52 bits per heavy atom. The predicted octanol–water partition coefficient (Wildman–Crippen LogP) is 4.66. The highest BCUT2D eigenvalue weighted by Crippen LogP contribution is 2.20. The van der Waals surface area contributed by atoms with E-state index in [0.717, 1.165) is 23.0 Å². The van der Waals surface area contributed by atoms with Crippen LogP contribution >= 0.6 is 0 Å². The van der Waals surface area contributed by atoms with Crippen LogP contribution in [0.1, 0.15) is 18.9 Å². The summed E-state index contributed by atoms with van der Waals surface area (Å²) in [7, 11) is 0. The van der Waals surface area contributed by atoms with E-state index >= 15 is 0 Å². The summed E-state index contributed by atoms with van der Waals surface area (Å²) in [6.45, 7) is 3.37. The van der Waals surface area contributed by atoms with Gasteiger partial charge in [0, 0.05) is 23.8 Å². The number of aliphatic carboxylic acids is 1. The van der Waals surface area contributed by atoms with Crippen LogP contribution in [0.5, 0.6) is 5.75 Å². The molecule has 0 aliphatic carbocycles. The van der Waals surface area contributed by atoms with Gasteiger partial charge in [0.1, 0.15) is 12.4 Å². The number of hydrogen-bond acceptors (Lipinski definition) is 4. The van der Waals surface area contributed by atoms with E-state index in [1.54, 1.807) is 0 Å². The first-order chi connectivity index (χ1) is 16.1. The molecule has 4 aromatic rings. The Hall–Kier alpha value is -3.64. The Morgan fingerprint density at radius 1 is 0.909 bits per heavy atom. The minimum atomic E-state index is -0.954. The molecule has 0 aliphatic rings. The van der Waals surface area contributed by atoms with Crippen molar-refractivity contribution in [3.8, 4) is 5.75 Å². The van der Waals surface area contributed by atoms with Crippen molar-refractivity contribution in [2.24, 2.45) is 0 Å². The lowest BCUT2D eigenvalue weighted by Gasteiger charge is -2.16. The molecule has 3 aromatic carbocycles. The Labute approximate surface area is 192 Å². The lowest BCUT2D eigenvalue weighted by atomic mass is 10.1. The van der Waals surface area contributed by atoms with Crippen molar-refractivity contribution in [2.75, 3.05) is 13.2 Å². The first-order valence-corrected chi connectivity index (χ1v) is 11.1. The molecule has 170 valence electrons. The van der Waals surface area contributed by atoms with Crippen molar-refractivity contribution in [3.63, 3.8) is 0 Å². The molecule has 0 aliphatic heterocycles. The Kier molecular flexibility index (Phi) is 7.05. The van der Waals surface area contributed by atoms with Gasteiger partial charge in [0.05, 0.1) is 17.6 Å². The fourth-order valence-corrected chi connectivity index (χ4v) is 3.99. The normalized spacial score (nSPS) is 12.2. The average molecular weight is 446 g/mol. The molecule has 0 bridgehead atoms. The number of nitrogens with zero attached hydrogens (tertiary/aromatic N) is 1. The van der Waals surface area contributed by atoms with Gasteiger partial charge < -0.3 is 19.1 Å². The molecule has 0 saturated carbocycles. The summed E-state index contributed by atoms with van der Waals surface area (Å²) in [5.41, 5.74) is 2.68. The summed E-state index contributed by atoms with van der Waals surface area (Å²) < 4.78 is 13.5. The molecule has 0 spiro atoms. The van der Waals surface area contributed by atoms with E-state index in [2.05, 4.69) is 4.57 Å². The quantitative estimate of drug-likeness (QED) is 0.359. The Bertz CT molecular complexity index is 1250. The van der Waals surface area contributed by atoms with E-state index in [0.29, 0.717) is 42.7 Å². The molecule has 0 amide bonds. The lowest BCUT2D eigenvalue weighted by molar-refractivity contribution is -0.150. The van der Waals surface area contributed by atoms with E-state index in [1.165, 1.54) is 0 Å². The average Bonchev–Trinajstić information content (AvgIpc) is 2.84. The zero-order chi connectivity index (χ0) is 23.2. The first kappa shape index (κ1) is 22.6. The number of carboxylic acid groups (broad SMARTS) is 1. The van der Waals surface area contributed by atoms with Crippen LogP contribution in [0.2, 0.25) is 0 Å². The summed E-state index contributed by atoms with van der Waals surface area (Å²) in [6, 6.07) is 22.7. The van der Waals surface area contributed by atoms with Gasteiger partial charge in [0.25, 0.3) is 0 Å². The van der Waals surface area contributed by atoms with Crippen LogP contribution in [0.15, 0.2) is 77.6 Å². The van der Waals surface area contributed by atoms with Crippen molar-refractivity contribution in [2.45, 2.75) is 32.4 Å². The molecule has 1 atom stereocenters. The van der Waals surface area contributed by atoms with Crippen molar-refractivity contribution in [3.05, 3.63) is 88.6 Å². The van der Waals surface area contributed by atoms with Crippen molar-refractivity contribution >= 4 is 27.8 Å². The third kappa shape index (κ3) is 5.07. The largest absolute Gasteiger partial charge is 0.492 e. The number of aromatic nitrogens is 1. The molecule has 0 radical (unpaired) electrons. The van der Waals surface area contributed by atoms with Crippen LogP contribution in [0.25, 0.3) is 21.8 Å². The molecular weight excluding hydrogens is 418 g/mol. The summed E-state index contributed by atoms with van der Waals surface area (Å²) >= 11 is 0. The fourth-order valence-electron chi connectivity index (χ4n) is 3.99. The van der Waals surface area contributed by atoms with E-state index in [4.69, 9.17) is 9.47 Å². The van der Waals surface area contributed by atoms with Gasteiger partial charge in [0.15, 0.2) is 11.5 Å². The maximum absolute atomic E-state index is 12.9. The van der Waals surface area contributed by atoms with Crippen LogP contribution in [0.3, 0.4) is 0 Å². The Morgan fingerprint density at radius 3 is 2.09 bits per heavy atom. The number of rotatable bonds is 10. The standard InChI is InChI=1S/C27H27NO5/c1-2-16-33-25(27(30)31)18-19-11-13-20(14-12-19)32-17-15-28-23-9-5-3-7-21(23)26(29)22-8-4-6-10-24(22)28/h3-14,25H,2,15-18H2,1H3,(H,30,31). The van der Waals surface area contributed by atoms with Gasteiger partial charge in [-0.25, -0.2) is 4.79 Å². The molecule has 0 saturated heterocycles. The van der Waals surface area contributed by atoms with Crippen molar-refractivity contribution < 1.29 is 19.4 Å². The minimum Gasteiger partial charge on any atom is -0.492 e. The van der Waals surface area contributed by atoms with Crippen molar-refractivity contribution in [1.29, 1.82) is 0 Å². The van der Waals surface area contributed by atoms with Crippen LogP contribution in [0.4, 0.5) is 0 Å². The van der Waals surface area contributed by atoms with E-state index < -0.39 is 12.1 Å². The number of carboxylic acids is 1. The number of fused-ring (bicyclic) bond motifs is 2.